The van der Waals surface area contributed by atoms with Crippen LogP contribution in [0.25, 0.3) is 10.9 Å². The normalized spacial score (nSPS) is 14.7. The molecule has 39 heavy (non-hydrogen) atoms. The van der Waals surface area contributed by atoms with E-state index < -0.39 is 11.7 Å². The highest BCUT2D eigenvalue weighted by Crippen LogP contribution is 2.33. The zero-order chi connectivity index (χ0) is 27.7. The largest absolute Gasteiger partial charge is 0.350 e. The Morgan fingerprint density at radius 1 is 1.10 bits per heavy atom. The van der Waals surface area contributed by atoms with Gasteiger partial charge in [0.2, 0.25) is 17.7 Å². The van der Waals surface area contributed by atoms with Crippen LogP contribution in [0.3, 0.4) is 0 Å². The van der Waals surface area contributed by atoms with Gasteiger partial charge < -0.3 is 15.5 Å². The molecule has 3 aromatic rings. The molecule has 204 valence electrons. The highest BCUT2D eigenvalue weighted by atomic mass is 35.5. The minimum absolute atomic E-state index is 0.0272. The summed E-state index contributed by atoms with van der Waals surface area (Å²) in [5.41, 5.74) is 1.60. The molecule has 0 saturated heterocycles. The van der Waals surface area contributed by atoms with Crippen molar-refractivity contribution in [3.63, 3.8) is 0 Å². The molecule has 3 amide bonds. The van der Waals surface area contributed by atoms with Crippen LogP contribution < -0.4 is 10.6 Å². The van der Waals surface area contributed by atoms with E-state index in [0.717, 1.165) is 25.7 Å². The molecule has 2 aliphatic rings. The molecule has 5 rings (SSSR count). The van der Waals surface area contributed by atoms with Gasteiger partial charge in [-0.1, -0.05) is 23.7 Å². The number of nitrogens with zero attached hydrogens (tertiary/aromatic N) is 3. The van der Waals surface area contributed by atoms with E-state index in [-0.39, 0.29) is 59.6 Å². The third-order valence-electron chi connectivity index (χ3n) is 6.95. The number of nitrogens with one attached hydrogen (secondary N) is 2. The fourth-order valence-electron chi connectivity index (χ4n) is 4.55. The van der Waals surface area contributed by atoms with Gasteiger partial charge in [-0.15, -0.1) is 0 Å². The molecule has 2 aromatic carbocycles. The second kappa shape index (κ2) is 11.1. The Morgan fingerprint density at radius 2 is 1.87 bits per heavy atom. The highest BCUT2D eigenvalue weighted by Gasteiger charge is 2.34. The number of anilines is 1. The van der Waals surface area contributed by atoms with Crippen molar-refractivity contribution in [3.8, 4) is 0 Å². The van der Waals surface area contributed by atoms with Crippen molar-refractivity contribution < 1.29 is 23.6 Å². The second-order valence-corrected chi connectivity index (χ2v) is 10.6. The molecule has 2 N–H and O–H groups in total. The standard InChI is InChI=1S/C28H29ClFN5O4/c1-16(36)28-21-12-19(32-24(37)11-17-5-6-17)7-10-23(21)35(33-28)15-26(39)34(20-8-9-20)14-25(38)31-13-18-3-2-4-22(29)27(18)30/h2-4,7,10,12,17,20H,5-6,8-9,11,13-15H2,1H3,(H,31,38)(H,32,37). The Bertz CT molecular complexity index is 1460. The lowest BCUT2D eigenvalue weighted by atomic mass is 10.1. The van der Waals surface area contributed by atoms with E-state index in [0.29, 0.717) is 28.9 Å². The summed E-state index contributed by atoms with van der Waals surface area (Å²) in [6.07, 6.45) is 4.18. The SMILES string of the molecule is CC(=O)c1nn(CC(=O)N(CC(=O)NCc2cccc(Cl)c2F)C2CC2)c2ccc(NC(=O)CC3CC3)cc12. The molecule has 2 fully saturated rings. The van der Waals surface area contributed by atoms with E-state index in [4.69, 9.17) is 11.6 Å². The topological polar surface area (TPSA) is 113 Å². The van der Waals surface area contributed by atoms with Gasteiger partial charge in [-0.2, -0.15) is 5.10 Å². The Balaban J connectivity index is 1.28. The van der Waals surface area contributed by atoms with Crippen LogP contribution in [0.1, 0.15) is 55.1 Å². The minimum atomic E-state index is -0.591. The molecule has 1 aromatic heterocycles. The summed E-state index contributed by atoms with van der Waals surface area (Å²) in [6, 6.07) is 9.65. The Kier molecular flexibility index (Phi) is 7.65. The highest BCUT2D eigenvalue weighted by molar-refractivity contribution is 6.30. The molecule has 2 aliphatic carbocycles. The fraction of sp³-hybridized carbons (Fsp3) is 0.393. The maximum absolute atomic E-state index is 14.1. The molecule has 11 heteroatoms. The molecule has 9 nitrogen and oxygen atoms in total. The quantitative estimate of drug-likeness (QED) is 0.347. The van der Waals surface area contributed by atoms with Gasteiger partial charge in [0.25, 0.3) is 0 Å². The predicted molar refractivity (Wildman–Crippen MR) is 144 cm³/mol. The van der Waals surface area contributed by atoms with Crippen molar-refractivity contribution in [2.75, 3.05) is 11.9 Å². The average Bonchev–Trinajstić information content (AvgIpc) is 3.83. The number of ketones is 1. The van der Waals surface area contributed by atoms with Gasteiger partial charge >= 0.3 is 0 Å². The summed E-state index contributed by atoms with van der Waals surface area (Å²) in [5.74, 6) is -1.21. The first-order valence-corrected chi connectivity index (χ1v) is 13.4. The number of benzene rings is 2. The number of Topliss-reactive ketones (excluding diaryl/α,β-unsaturated/α-hetero) is 1. The number of aromatic nitrogens is 2. The van der Waals surface area contributed by atoms with Crippen LogP contribution in [-0.4, -0.2) is 50.8 Å². The van der Waals surface area contributed by atoms with Crippen LogP contribution in [0.4, 0.5) is 10.1 Å². The van der Waals surface area contributed by atoms with Gasteiger partial charge in [-0.05, 0) is 55.9 Å². The summed E-state index contributed by atoms with van der Waals surface area (Å²) in [4.78, 5) is 52.0. The van der Waals surface area contributed by atoms with Crippen molar-refractivity contribution in [1.29, 1.82) is 0 Å². The fourth-order valence-corrected chi connectivity index (χ4v) is 4.74. The van der Waals surface area contributed by atoms with Crippen LogP contribution in [0.5, 0.6) is 0 Å². The summed E-state index contributed by atoms with van der Waals surface area (Å²) in [7, 11) is 0. The number of rotatable bonds is 11. The number of amides is 3. The van der Waals surface area contributed by atoms with Gasteiger partial charge in [-0.3, -0.25) is 23.9 Å². The van der Waals surface area contributed by atoms with E-state index in [1.54, 1.807) is 24.3 Å². The smallest absolute Gasteiger partial charge is 0.245 e. The van der Waals surface area contributed by atoms with E-state index in [1.807, 2.05) is 0 Å². The van der Waals surface area contributed by atoms with Gasteiger partial charge in [0.1, 0.15) is 18.1 Å². The first-order valence-electron chi connectivity index (χ1n) is 13.0. The Morgan fingerprint density at radius 3 is 2.56 bits per heavy atom. The summed E-state index contributed by atoms with van der Waals surface area (Å²) in [6.45, 7) is 1.00. The van der Waals surface area contributed by atoms with Crippen molar-refractivity contribution in [1.82, 2.24) is 20.0 Å². The van der Waals surface area contributed by atoms with Crippen molar-refractivity contribution >= 4 is 51.7 Å². The van der Waals surface area contributed by atoms with E-state index >= 15 is 0 Å². The van der Waals surface area contributed by atoms with Gasteiger partial charge in [-0.25, -0.2) is 4.39 Å². The molecule has 0 bridgehead atoms. The number of hydrogen-bond donors (Lipinski definition) is 2. The van der Waals surface area contributed by atoms with Crippen LogP contribution in [0, 0.1) is 11.7 Å². The zero-order valence-electron chi connectivity index (χ0n) is 21.5. The maximum atomic E-state index is 14.1. The predicted octanol–water partition coefficient (Wildman–Crippen LogP) is 4.08. The summed E-state index contributed by atoms with van der Waals surface area (Å²) < 4.78 is 15.6. The second-order valence-electron chi connectivity index (χ2n) is 10.2. The van der Waals surface area contributed by atoms with Gasteiger partial charge in [0.15, 0.2) is 5.78 Å². The van der Waals surface area contributed by atoms with Gasteiger partial charge in [0, 0.05) is 42.6 Å². The summed E-state index contributed by atoms with van der Waals surface area (Å²) >= 11 is 5.81. The van der Waals surface area contributed by atoms with Crippen LogP contribution in [0.15, 0.2) is 36.4 Å². The van der Waals surface area contributed by atoms with Crippen LogP contribution >= 0.6 is 11.6 Å². The van der Waals surface area contributed by atoms with E-state index in [2.05, 4.69) is 15.7 Å². The molecule has 2 saturated carbocycles. The van der Waals surface area contributed by atoms with E-state index in [1.165, 1.54) is 28.6 Å². The lowest BCUT2D eigenvalue weighted by molar-refractivity contribution is -0.137. The molecule has 0 unspecified atom stereocenters. The third kappa shape index (κ3) is 6.44. The van der Waals surface area contributed by atoms with Crippen molar-refractivity contribution in [2.24, 2.45) is 5.92 Å². The lowest BCUT2D eigenvalue weighted by Gasteiger charge is -2.22. The lowest BCUT2D eigenvalue weighted by Crippen LogP contribution is -2.43. The number of hydrogen-bond acceptors (Lipinski definition) is 5. The zero-order valence-corrected chi connectivity index (χ0v) is 22.3. The number of carbonyl (C=O) groups is 4. The minimum Gasteiger partial charge on any atom is -0.350 e. The molecule has 0 aliphatic heterocycles. The van der Waals surface area contributed by atoms with Crippen LogP contribution in [0.2, 0.25) is 5.02 Å². The first kappa shape index (κ1) is 26.8. The molecule has 0 spiro atoms. The molecular weight excluding hydrogens is 525 g/mol. The van der Waals surface area contributed by atoms with Gasteiger partial charge in [0.05, 0.1) is 17.1 Å². The third-order valence-corrected chi connectivity index (χ3v) is 7.25. The van der Waals surface area contributed by atoms with Crippen molar-refractivity contribution in [3.05, 3.63) is 58.5 Å². The molecule has 1 heterocycles. The first-order chi connectivity index (χ1) is 18.7. The average molecular weight is 554 g/mol. The number of carbonyl (C=O) groups excluding carboxylic acids is 4. The Labute approximate surface area is 229 Å². The molecule has 0 radical (unpaired) electrons. The number of fused-ring (bicyclic) bond motifs is 1. The molecular formula is C28H29ClFN5O4. The number of halogens is 2. The Hall–Kier alpha value is -3.79. The molecule has 0 atom stereocenters. The van der Waals surface area contributed by atoms with E-state index in [9.17, 15) is 23.6 Å². The maximum Gasteiger partial charge on any atom is 0.245 e. The summed E-state index contributed by atoms with van der Waals surface area (Å²) in [5, 5.41) is 10.4. The van der Waals surface area contributed by atoms with Crippen molar-refractivity contribution in [2.45, 2.75) is 58.2 Å². The van der Waals surface area contributed by atoms with Crippen LogP contribution in [-0.2, 0) is 27.5 Å². The monoisotopic (exact) mass is 553 g/mol.